The molecular formula is C16H21N3. The Balaban J connectivity index is 2.34. The number of hydrogen-bond acceptors (Lipinski definition) is 3. The molecule has 0 amide bonds. The van der Waals surface area contributed by atoms with Gasteiger partial charge in [-0.1, -0.05) is 31.2 Å². The van der Waals surface area contributed by atoms with Crippen molar-refractivity contribution < 1.29 is 0 Å². The van der Waals surface area contributed by atoms with Crippen molar-refractivity contribution in [1.82, 2.24) is 9.97 Å². The minimum atomic E-state index is 0.115. The summed E-state index contributed by atoms with van der Waals surface area (Å²) in [7, 11) is 0. The highest BCUT2D eigenvalue weighted by Crippen LogP contribution is 2.17. The molecule has 0 fully saturated rings. The number of aromatic nitrogens is 2. The van der Waals surface area contributed by atoms with Crippen molar-refractivity contribution in [3.05, 3.63) is 47.3 Å². The van der Waals surface area contributed by atoms with Crippen LogP contribution >= 0.6 is 0 Å². The zero-order valence-corrected chi connectivity index (χ0v) is 11.9. The highest BCUT2D eigenvalue weighted by Gasteiger charge is 2.06. The quantitative estimate of drug-likeness (QED) is 0.914. The van der Waals surface area contributed by atoms with Crippen molar-refractivity contribution >= 4 is 0 Å². The maximum atomic E-state index is 5.84. The summed E-state index contributed by atoms with van der Waals surface area (Å²) in [6.07, 6.45) is 1.83. The average Bonchev–Trinajstić information content (AvgIpc) is 2.37. The SMILES string of the molecule is CCc1ccc(-c2nc(C)cc(CC(C)N)n2)cc1. The summed E-state index contributed by atoms with van der Waals surface area (Å²) in [5.74, 6) is 0.790. The third-order valence-electron chi connectivity index (χ3n) is 3.06. The van der Waals surface area contributed by atoms with E-state index in [1.165, 1.54) is 5.56 Å². The van der Waals surface area contributed by atoms with Gasteiger partial charge >= 0.3 is 0 Å². The second kappa shape index (κ2) is 5.93. The molecule has 3 heteroatoms. The minimum absolute atomic E-state index is 0.115. The van der Waals surface area contributed by atoms with Gasteiger partial charge in [-0.15, -0.1) is 0 Å². The molecule has 2 N–H and O–H groups in total. The fourth-order valence-electron chi connectivity index (χ4n) is 2.09. The van der Waals surface area contributed by atoms with Crippen LogP contribution in [0.2, 0.25) is 0 Å². The normalized spacial score (nSPS) is 12.4. The maximum absolute atomic E-state index is 5.84. The van der Waals surface area contributed by atoms with E-state index >= 15 is 0 Å². The van der Waals surface area contributed by atoms with Gasteiger partial charge in [0.1, 0.15) is 0 Å². The van der Waals surface area contributed by atoms with E-state index in [1.54, 1.807) is 0 Å². The van der Waals surface area contributed by atoms with Gasteiger partial charge in [0, 0.05) is 29.4 Å². The molecule has 0 aliphatic carbocycles. The average molecular weight is 255 g/mol. The highest BCUT2D eigenvalue weighted by molar-refractivity contribution is 5.55. The first-order valence-electron chi connectivity index (χ1n) is 6.78. The van der Waals surface area contributed by atoms with E-state index in [-0.39, 0.29) is 6.04 Å². The summed E-state index contributed by atoms with van der Waals surface area (Å²) >= 11 is 0. The fraction of sp³-hybridized carbons (Fsp3) is 0.375. The van der Waals surface area contributed by atoms with Crippen LogP contribution in [-0.4, -0.2) is 16.0 Å². The molecule has 0 saturated carbocycles. The van der Waals surface area contributed by atoms with E-state index in [0.717, 1.165) is 35.6 Å². The van der Waals surface area contributed by atoms with Gasteiger partial charge in [-0.2, -0.15) is 0 Å². The summed E-state index contributed by atoms with van der Waals surface area (Å²) in [6.45, 7) is 6.14. The lowest BCUT2D eigenvalue weighted by molar-refractivity contribution is 0.719. The number of hydrogen-bond donors (Lipinski definition) is 1. The Kier molecular flexibility index (Phi) is 4.27. The van der Waals surface area contributed by atoms with E-state index in [2.05, 4.69) is 41.2 Å². The molecule has 1 atom stereocenters. The van der Waals surface area contributed by atoms with Crippen molar-refractivity contribution in [2.24, 2.45) is 5.73 Å². The molecule has 3 nitrogen and oxygen atoms in total. The molecule has 2 aromatic rings. The monoisotopic (exact) mass is 255 g/mol. The van der Waals surface area contributed by atoms with Gasteiger partial charge < -0.3 is 5.73 Å². The third-order valence-corrected chi connectivity index (χ3v) is 3.06. The summed E-state index contributed by atoms with van der Waals surface area (Å²) in [5, 5.41) is 0. The first-order chi connectivity index (χ1) is 9.08. The summed E-state index contributed by atoms with van der Waals surface area (Å²) in [4.78, 5) is 9.12. The van der Waals surface area contributed by atoms with Gasteiger partial charge in [0.15, 0.2) is 5.82 Å². The third kappa shape index (κ3) is 3.61. The van der Waals surface area contributed by atoms with Crippen molar-refractivity contribution in [2.75, 3.05) is 0 Å². The van der Waals surface area contributed by atoms with Crippen LogP contribution in [-0.2, 0) is 12.8 Å². The molecule has 0 saturated heterocycles. The van der Waals surface area contributed by atoms with Crippen LogP contribution < -0.4 is 5.73 Å². The standard InChI is InChI=1S/C16H21N3/c1-4-13-5-7-14(8-6-13)16-18-12(3)10-15(19-16)9-11(2)17/h5-8,10-11H,4,9,17H2,1-3H3. The molecule has 1 aromatic heterocycles. The molecule has 1 heterocycles. The molecule has 0 spiro atoms. The molecule has 0 aliphatic heterocycles. The minimum Gasteiger partial charge on any atom is -0.328 e. The van der Waals surface area contributed by atoms with Crippen LogP contribution in [0.5, 0.6) is 0 Å². The first-order valence-corrected chi connectivity index (χ1v) is 6.78. The Morgan fingerprint density at radius 3 is 2.42 bits per heavy atom. The number of aryl methyl sites for hydroxylation is 2. The van der Waals surface area contributed by atoms with Crippen molar-refractivity contribution in [2.45, 2.75) is 39.7 Å². The van der Waals surface area contributed by atoms with Crippen molar-refractivity contribution in [3.63, 3.8) is 0 Å². The number of nitrogens with zero attached hydrogens (tertiary/aromatic N) is 2. The molecule has 2 rings (SSSR count). The van der Waals surface area contributed by atoms with E-state index in [9.17, 15) is 0 Å². The van der Waals surface area contributed by atoms with Gasteiger partial charge in [-0.25, -0.2) is 9.97 Å². The van der Waals surface area contributed by atoms with Crippen LogP contribution in [0, 0.1) is 6.92 Å². The van der Waals surface area contributed by atoms with Gasteiger partial charge in [0.2, 0.25) is 0 Å². The second-order valence-electron chi connectivity index (χ2n) is 5.06. The number of nitrogens with two attached hydrogens (primary N) is 1. The predicted molar refractivity (Wildman–Crippen MR) is 78.9 cm³/mol. The van der Waals surface area contributed by atoms with Crippen LogP contribution in [0.3, 0.4) is 0 Å². The van der Waals surface area contributed by atoms with Gasteiger partial charge in [-0.05, 0) is 31.9 Å². The molecule has 0 aliphatic rings. The Morgan fingerprint density at radius 2 is 1.84 bits per heavy atom. The Labute approximate surface area is 114 Å². The smallest absolute Gasteiger partial charge is 0.159 e. The van der Waals surface area contributed by atoms with Crippen molar-refractivity contribution in [1.29, 1.82) is 0 Å². The van der Waals surface area contributed by atoms with E-state index < -0.39 is 0 Å². The zero-order chi connectivity index (χ0) is 13.8. The lowest BCUT2D eigenvalue weighted by Crippen LogP contribution is -2.19. The largest absolute Gasteiger partial charge is 0.328 e. The molecule has 0 bridgehead atoms. The van der Waals surface area contributed by atoms with E-state index in [0.29, 0.717) is 0 Å². The van der Waals surface area contributed by atoms with Crippen LogP contribution in [0.15, 0.2) is 30.3 Å². The van der Waals surface area contributed by atoms with Gasteiger partial charge in [-0.3, -0.25) is 0 Å². The van der Waals surface area contributed by atoms with Gasteiger partial charge in [0.05, 0.1) is 0 Å². The predicted octanol–water partition coefficient (Wildman–Crippen LogP) is 2.90. The fourth-order valence-corrected chi connectivity index (χ4v) is 2.09. The van der Waals surface area contributed by atoms with Crippen LogP contribution in [0.25, 0.3) is 11.4 Å². The summed E-state index contributed by atoms with van der Waals surface area (Å²) in [6, 6.07) is 10.6. The Bertz CT molecular complexity index is 544. The first kappa shape index (κ1) is 13.7. The molecule has 19 heavy (non-hydrogen) atoms. The Hall–Kier alpha value is -1.74. The lowest BCUT2D eigenvalue weighted by atomic mass is 10.1. The molecule has 100 valence electrons. The zero-order valence-electron chi connectivity index (χ0n) is 11.9. The molecular weight excluding hydrogens is 234 g/mol. The van der Waals surface area contributed by atoms with E-state index in [1.807, 2.05) is 19.9 Å². The Morgan fingerprint density at radius 1 is 1.16 bits per heavy atom. The maximum Gasteiger partial charge on any atom is 0.159 e. The second-order valence-corrected chi connectivity index (χ2v) is 5.06. The highest BCUT2D eigenvalue weighted by atomic mass is 14.9. The number of benzene rings is 1. The lowest BCUT2D eigenvalue weighted by Gasteiger charge is -2.08. The molecule has 0 radical (unpaired) electrons. The molecule has 1 aromatic carbocycles. The van der Waals surface area contributed by atoms with Gasteiger partial charge in [0.25, 0.3) is 0 Å². The summed E-state index contributed by atoms with van der Waals surface area (Å²) < 4.78 is 0. The summed E-state index contributed by atoms with van der Waals surface area (Å²) in [5.41, 5.74) is 10.2. The van der Waals surface area contributed by atoms with Crippen LogP contribution in [0.1, 0.15) is 30.8 Å². The topological polar surface area (TPSA) is 51.8 Å². The number of rotatable bonds is 4. The van der Waals surface area contributed by atoms with E-state index in [4.69, 9.17) is 5.73 Å². The molecule has 1 unspecified atom stereocenters. The van der Waals surface area contributed by atoms with Crippen molar-refractivity contribution in [3.8, 4) is 11.4 Å². The van der Waals surface area contributed by atoms with Crippen LogP contribution in [0.4, 0.5) is 0 Å².